The molecule has 2 aromatic carbocycles. The van der Waals surface area contributed by atoms with Gasteiger partial charge in [-0.3, -0.25) is 9.59 Å². The maximum atomic E-state index is 11.9. The molecule has 2 N–H and O–H groups in total. The first-order valence-corrected chi connectivity index (χ1v) is 8.28. The molecule has 6 heteroatoms. The van der Waals surface area contributed by atoms with Crippen LogP contribution in [0.4, 0.5) is 5.69 Å². The molecule has 0 bridgehead atoms. The van der Waals surface area contributed by atoms with Crippen molar-refractivity contribution in [1.82, 2.24) is 5.32 Å². The second kappa shape index (κ2) is 8.49. The van der Waals surface area contributed by atoms with Gasteiger partial charge in [0.1, 0.15) is 5.75 Å². The summed E-state index contributed by atoms with van der Waals surface area (Å²) < 4.78 is 6.20. The molecule has 0 aromatic heterocycles. The van der Waals surface area contributed by atoms with E-state index in [4.69, 9.17) is 4.74 Å². The van der Waals surface area contributed by atoms with E-state index in [-0.39, 0.29) is 0 Å². The van der Waals surface area contributed by atoms with Crippen molar-refractivity contribution in [3.63, 3.8) is 0 Å². The van der Waals surface area contributed by atoms with Crippen molar-refractivity contribution >= 4 is 33.4 Å². The molecule has 0 fully saturated rings. The van der Waals surface area contributed by atoms with Crippen molar-refractivity contribution in [2.45, 2.75) is 13.3 Å². The third kappa shape index (κ3) is 4.83. The SMILES string of the molecule is COc1ccccc1CCNC(=O)C(=O)Nc1ccc(Br)c(C)c1. The number of anilines is 1. The van der Waals surface area contributed by atoms with Crippen LogP contribution in [0.25, 0.3) is 0 Å². The number of para-hydroxylation sites is 1. The fourth-order valence-corrected chi connectivity index (χ4v) is 2.46. The number of carbonyl (C=O) groups is 2. The molecule has 24 heavy (non-hydrogen) atoms. The Hall–Kier alpha value is -2.34. The van der Waals surface area contributed by atoms with Gasteiger partial charge in [-0.15, -0.1) is 0 Å². The summed E-state index contributed by atoms with van der Waals surface area (Å²) in [6, 6.07) is 12.9. The van der Waals surface area contributed by atoms with Gasteiger partial charge in [-0.25, -0.2) is 0 Å². The van der Waals surface area contributed by atoms with Crippen molar-refractivity contribution in [2.75, 3.05) is 19.0 Å². The second-order valence-electron chi connectivity index (χ2n) is 5.24. The molecule has 0 aliphatic rings. The standard InChI is InChI=1S/C18H19BrN2O3/c1-12-11-14(7-8-15(12)19)21-18(23)17(22)20-10-9-13-5-3-4-6-16(13)24-2/h3-8,11H,9-10H2,1-2H3,(H,20,22)(H,21,23). The molecule has 126 valence electrons. The van der Waals surface area contributed by atoms with Gasteiger partial charge < -0.3 is 15.4 Å². The minimum Gasteiger partial charge on any atom is -0.496 e. The summed E-state index contributed by atoms with van der Waals surface area (Å²) in [5.74, 6) is -0.580. The zero-order chi connectivity index (χ0) is 17.5. The summed E-state index contributed by atoms with van der Waals surface area (Å²) in [5.41, 5.74) is 2.54. The van der Waals surface area contributed by atoms with Gasteiger partial charge in [-0.1, -0.05) is 34.1 Å². The summed E-state index contributed by atoms with van der Waals surface area (Å²) in [6.45, 7) is 2.26. The number of aryl methyl sites for hydroxylation is 1. The quantitative estimate of drug-likeness (QED) is 0.770. The summed E-state index contributed by atoms with van der Waals surface area (Å²) in [4.78, 5) is 23.8. The highest BCUT2D eigenvalue weighted by Gasteiger charge is 2.13. The first-order chi connectivity index (χ1) is 11.5. The predicted molar refractivity (Wildman–Crippen MR) is 97.2 cm³/mol. The third-order valence-electron chi connectivity index (χ3n) is 3.49. The van der Waals surface area contributed by atoms with Gasteiger partial charge >= 0.3 is 11.8 Å². The van der Waals surface area contributed by atoms with E-state index < -0.39 is 11.8 Å². The highest BCUT2D eigenvalue weighted by atomic mass is 79.9. The number of hydrogen-bond donors (Lipinski definition) is 2. The predicted octanol–water partition coefficient (Wildman–Crippen LogP) is 3.06. The zero-order valence-electron chi connectivity index (χ0n) is 13.6. The Kier molecular flexibility index (Phi) is 6.37. The molecule has 0 radical (unpaired) electrons. The van der Waals surface area contributed by atoms with Crippen LogP contribution in [0.3, 0.4) is 0 Å². The summed E-state index contributed by atoms with van der Waals surface area (Å²) in [7, 11) is 1.60. The van der Waals surface area contributed by atoms with Crippen LogP contribution in [-0.2, 0) is 16.0 Å². The molecule has 0 spiro atoms. The van der Waals surface area contributed by atoms with Gasteiger partial charge in [-0.2, -0.15) is 0 Å². The lowest BCUT2D eigenvalue weighted by molar-refractivity contribution is -0.136. The molecule has 0 saturated heterocycles. The minimum atomic E-state index is -0.684. The highest BCUT2D eigenvalue weighted by Crippen LogP contribution is 2.20. The number of rotatable bonds is 5. The molecular weight excluding hydrogens is 372 g/mol. The number of hydrogen-bond acceptors (Lipinski definition) is 3. The van der Waals surface area contributed by atoms with Crippen molar-refractivity contribution in [3.05, 3.63) is 58.1 Å². The lowest BCUT2D eigenvalue weighted by Gasteiger charge is -2.10. The molecule has 5 nitrogen and oxygen atoms in total. The highest BCUT2D eigenvalue weighted by molar-refractivity contribution is 9.10. The topological polar surface area (TPSA) is 67.4 Å². The van der Waals surface area contributed by atoms with Crippen molar-refractivity contribution in [2.24, 2.45) is 0 Å². The second-order valence-corrected chi connectivity index (χ2v) is 6.09. The van der Waals surface area contributed by atoms with Gasteiger partial charge in [-0.05, 0) is 48.7 Å². The monoisotopic (exact) mass is 390 g/mol. The number of benzene rings is 2. The number of amides is 2. The number of ether oxygens (including phenoxy) is 1. The Balaban J connectivity index is 1.85. The molecule has 0 heterocycles. The summed E-state index contributed by atoms with van der Waals surface area (Å²) in [5, 5.41) is 5.20. The largest absolute Gasteiger partial charge is 0.496 e. The van der Waals surface area contributed by atoms with Gasteiger partial charge in [0.05, 0.1) is 7.11 Å². The average molecular weight is 391 g/mol. The molecule has 0 aliphatic heterocycles. The summed E-state index contributed by atoms with van der Waals surface area (Å²) >= 11 is 3.39. The van der Waals surface area contributed by atoms with Gasteiger partial charge in [0, 0.05) is 16.7 Å². The van der Waals surface area contributed by atoms with Gasteiger partial charge in [0.25, 0.3) is 0 Å². The van der Waals surface area contributed by atoms with E-state index in [1.807, 2.05) is 37.3 Å². The smallest absolute Gasteiger partial charge is 0.313 e. The maximum Gasteiger partial charge on any atom is 0.313 e. The maximum absolute atomic E-state index is 11.9. The van der Waals surface area contributed by atoms with Crippen LogP contribution in [0.5, 0.6) is 5.75 Å². The van der Waals surface area contributed by atoms with E-state index in [1.54, 1.807) is 19.2 Å². The number of nitrogens with one attached hydrogen (secondary N) is 2. The van der Waals surface area contributed by atoms with E-state index in [0.29, 0.717) is 18.7 Å². The molecule has 0 unspecified atom stereocenters. The Labute approximate surface area is 149 Å². The van der Waals surface area contributed by atoms with Crippen LogP contribution in [0.2, 0.25) is 0 Å². The zero-order valence-corrected chi connectivity index (χ0v) is 15.1. The van der Waals surface area contributed by atoms with Gasteiger partial charge in [0.15, 0.2) is 0 Å². The number of methoxy groups -OCH3 is 1. The Morgan fingerprint density at radius 3 is 2.58 bits per heavy atom. The van der Waals surface area contributed by atoms with E-state index >= 15 is 0 Å². The molecule has 2 amide bonds. The first kappa shape index (κ1) is 18.0. The fourth-order valence-electron chi connectivity index (χ4n) is 2.21. The molecule has 2 rings (SSSR count). The van der Waals surface area contributed by atoms with Crippen LogP contribution in [-0.4, -0.2) is 25.5 Å². The third-order valence-corrected chi connectivity index (χ3v) is 4.38. The van der Waals surface area contributed by atoms with E-state index in [0.717, 1.165) is 21.3 Å². The van der Waals surface area contributed by atoms with Crippen LogP contribution in [0.1, 0.15) is 11.1 Å². The van der Waals surface area contributed by atoms with Crippen LogP contribution < -0.4 is 15.4 Å². The Morgan fingerprint density at radius 2 is 1.88 bits per heavy atom. The van der Waals surface area contributed by atoms with Crippen molar-refractivity contribution in [1.29, 1.82) is 0 Å². The molecule has 0 saturated carbocycles. The molecular formula is C18H19BrN2O3. The molecule has 2 aromatic rings. The fraction of sp³-hybridized carbons (Fsp3) is 0.222. The van der Waals surface area contributed by atoms with E-state index in [1.165, 1.54) is 0 Å². The van der Waals surface area contributed by atoms with Crippen molar-refractivity contribution in [3.8, 4) is 5.75 Å². The van der Waals surface area contributed by atoms with Crippen molar-refractivity contribution < 1.29 is 14.3 Å². The molecule has 0 aliphatic carbocycles. The lowest BCUT2D eigenvalue weighted by atomic mass is 10.1. The average Bonchev–Trinajstić information content (AvgIpc) is 2.58. The van der Waals surface area contributed by atoms with Gasteiger partial charge in [0.2, 0.25) is 0 Å². The van der Waals surface area contributed by atoms with Crippen LogP contribution in [0, 0.1) is 6.92 Å². The molecule has 0 atom stereocenters. The number of carbonyl (C=O) groups excluding carboxylic acids is 2. The minimum absolute atomic E-state index is 0.353. The van der Waals surface area contributed by atoms with E-state index in [9.17, 15) is 9.59 Å². The first-order valence-electron chi connectivity index (χ1n) is 7.48. The number of halogens is 1. The van der Waals surface area contributed by atoms with E-state index in [2.05, 4.69) is 26.6 Å². The van der Waals surface area contributed by atoms with Crippen LogP contribution >= 0.6 is 15.9 Å². The Morgan fingerprint density at radius 1 is 1.12 bits per heavy atom. The summed E-state index contributed by atoms with van der Waals surface area (Å²) in [6.07, 6.45) is 0.584. The Bertz CT molecular complexity index is 747. The van der Waals surface area contributed by atoms with Crippen LogP contribution in [0.15, 0.2) is 46.9 Å². The normalized spacial score (nSPS) is 10.1. The lowest BCUT2D eigenvalue weighted by Crippen LogP contribution is -2.36.